The van der Waals surface area contributed by atoms with Crippen molar-refractivity contribution in [2.24, 2.45) is 5.92 Å². The Hall–Kier alpha value is -0.160. The van der Waals surface area contributed by atoms with Crippen LogP contribution in [0.15, 0.2) is 0 Å². The number of hydrogen-bond donors (Lipinski definition) is 2. The molecule has 0 spiro atoms. The molecule has 0 aromatic carbocycles. The molecule has 1 saturated carbocycles. The molecule has 2 atom stereocenters. The summed E-state index contributed by atoms with van der Waals surface area (Å²) < 4.78 is 11.0. The first-order valence-electron chi connectivity index (χ1n) is 8.18. The average Bonchev–Trinajstić information content (AvgIpc) is 2.80. The van der Waals surface area contributed by atoms with E-state index in [1.807, 2.05) is 0 Å². The van der Waals surface area contributed by atoms with Crippen LogP contribution in [0.2, 0.25) is 0 Å². The summed E-state index contributed by atoms with van der Waals surface area (Å²) >= 11 is 0. The maximum absolute atomic E-state index is 9.81. The third-order valence-corrected chi connectivity index (χ3v) is 4.15. The topological polar surface area (TPSA) is 50.7 Å². The zero-order chi connectivity index (χ0) is 14.8. The Bertz CT molecular complexity index is 248. The van der Waals surface area contributed by atoms with Crippen molar-refractivity contribution in [2.45, 2.75) is 64.5 Å². The first kappa shape index (κ1) is 17.9. The van der Waals surface area contributed by atoms with Crippen LogP contribution in [0.3, 0.4) is 0 Å². The predicted molar refractivity (Wildman–Crippen MR) is 82.0 cm³/mol. The number of aliphatic hydroxyl groups excluding tert-OH is 1. The highest BCUT2D eigenvalue weighted by Crippen LogP contribution is 2.38. The van der Waals surface area contributed by atoms with E-state index in [1.165, 1.54) is 12.8 Å². The van der Waals surface area contributed by atoms with Crippen LogP contribution < -0.4 is 5.32 Å². The van der Waals surface area contributed by atoms with E-state index in [4.69, 9.17) is 9.47 Å². The Labute approximate surface area is 124 Å². The van der Waals surface area contributed by atoms with Crippen LogP contribution in [0.4, 0.5) is 0 Å². The van der Waals surface area contributed by atoms with Crippen LogP contribution in [-0.4, -0.2) is 49.7 Å². The minimum atomic E-state index is -0.0871. The molecule has 0 aliphatic heterocycles. The molecule has 4 nitrogen and oxygen atoms in total. The Morgan fingerprint density at radius 1 is 1.20 bits per heavy atom. The van der Waals surface area contributed by atoms with Crippen molar-refractivity contribution in [3.8, 4) is 0 Å². The quantitative estimate of drug-likeness (QED) is 0.573. The summed E-state index contributed by atoms with van der Waals surface area (Å²) in [6.07, 6.45) is 5.54. The molecule has 2 unspecified atom stereocenters. The van der Waals surface area contributed by atoms with Crippen LogP contribution in [0.25, 0.3) is 0 Å². The molecule has 0 bridgehead atoms. The highest BCUT2D eigenvalue weighted by atomic mass is 16.5. The molecule has 0 heterocycles. The van der Waals surface area contributed by atoms with E-state index in [-0.39, 0.29) is 12.1 Å². The van der Waals surface area contributed by atoms with Crippen LogP contribution in [-0.2, 0) is 9.47 Å². The molecule has 0 radical (unpaired) electrons. The van der Waals surface area contributed by atoms with Crippen LogP contribution >= 0.6 is 0 Å². The molecular formula is C16H33NO3. The molecule has 1 aliphatic carbocycles. The van der Waals surface area contributed by atoms with Crippen molar-refractivity contribution in [2.75, 3.05) is 33.0 Å². The van der Waals surface area contributed by atoms with Crippen molar-refractivity contribution in [3.05, 3.63) is 0 Å². The maximum atomic E-state index is 9.81. The molecule has 4 heteroatoms. The molecule has 1 aliphatic rings. The van der Waals surface area contributed by atoms with Gasteiger partial charge >= 0.3 is 0 Å². The Kier molecular flexibility index (Phi) is 8.69. The molecule has 0 amide bonds. The summed E-state index contributed by atoms with van der Waals surface area (Å²) in [6, 6.07) is 0.408. The van der Waals surface area contributed by atoms with Gasteiger partial charge in [0.1, 0.15) is 0 Å². The van der Waals surface area contributed by atoms with Gasteiger partial charge in [-0.05, 0) is 31.6 Å². The fourth-order valence-electron chi connectivity index (χ4n) is 3.28. The van der Waals surface area contributed by atoms with Gasteiger partial charge in [0, 0.05) is 24.8 Å². The Morgan fingerprint density at radius 3 is 2.50 bits per heavy atom. The predicted octanol–water partition coefficient (Wildman–Crippen LogP) is 2.35. The standard InChI is InChI=1S/C16H33NO3/c1-4-9-19-11-12-20-10-7-15-6-5-8-16(15,13-18)17-14(2)3/h14-15,17-18H,4-13H2,1-3H3. The largest absolute Gasteiger partial charge is 0.394 e. The van der Waals surface area contributed by atoms with Crippen molar-refractivity contribution in [1.29, 1.82) is 0 Å². The SMILES string of the molecule is CCCOCCOCCC1CCCC1(CO)NC(C)C. The highest BCUT2D eigenvalue weighted by molar-refractivity contribution is 4.99. The lowest BCUT2D eigenvalue weighted by Crippen LogP contribution is -2.54. The van der Waals surface area contributed by atoms with Crippen molar-refractivity contribution < 1.29 is 14.6 Å². The van der Waals surface area contributed by atoms with Crippen LogP contribution in [0.5, 0.6) is 0 Å². The van der Waals surface area contributed by atoms with E-state index in [0.29, 0.717) is 25.2 Å². The average molecular weight is 287 g/mol. The summed E-state index contributed by atoms with van der Waals surface area (Å²) in [7, 11) is 0. The molecule has 20 heavy (non-hydrogen) atoms. The summed E-state index contributed by atoms with van der Waals surface area (Å²) in [5, 5.41) is 13.4. The van der Waals surface area contributed by atoms with Gasteiger partial charge < -0.3 is 19.9 Å². The zero-order valence-electron chi connectivity index (χ0n) is 13.5. The van der Waals surface area contributed by atoms with Gasteiger partial charge in [0.25, 0.3) is 0 Å². The van der Waals surface area contributed by atoms with Gasteiger partial charge in [0.15, 0.2) is 0 Å². The fraction of sp³-hybridized carbons (Fsp3) is 1.00. The van der Waals surface area contributed by atoms with Crippen LogP contribution in [0.1, 0.15) is 52.9 Å². The number of hydrogen-bond acceptors (Lipinski definition) is 4. The monoisotopic (exact) mass is 287 g/mol. The molecule has 1 fully saturated rings. The fourth-order valence-corrected chi connectivity index (χ4v) is 3.28. The van der Waals surface area contributed by atoms with E-state index in [9.17, 15) is 5.11 Å². The van der Waals surface area contributed by atoms with E-state index < -0.39 is 0 Å². The number of nitrogens with one attached hydrogen (secondary N) is 1. The van der Waals surface area contributed by atoms with Crippen molar-refractivity contribution >= 4 is 0 Å². The highest BCUT2D eigenvalue weighted by Gasteiger charge is 2.42. The molecular weight excluding hydrogens is 254 g/mol. The van der Waals surface area contributed by atoms with Gasteiger partial charge in [-0.3, -0.25) is 0 Å². The molecule has 0 aromatic heterocycles. The number of ether oxygens (including phenoxy) is 2. The number of aliphatic hydroxyl groups is 1. The van der Waals surface area contributed by atoms with E-state index in [1.54, 1.807) is 0 Å². The van der Waals surface area contributed by atoms with Gasteiger partial charge in [0.2, 0.25) is 0 Å². The lowest BCUT2D eigenvalue weighted by Gasteiger charge is -2.37. The minimum absolute atomic E-state index is 0.0871. The van der Waals surface area contributed by atoms with Crippen molar-refractivity contribution in [3.63, 3.8) is 0 Å². The van der Waals surface area contributed by atoms with Crippen LogP contribution in [0, 0.1) is 5.92 Å². The Balaban J connectivity index is 2.23. The van der Waals surface area contributed by atoms with Gasteiger partial charge in [0.05, 0.1) is 19.8 Å². The first-order chi connectivity index (χ1) is 9.64. The number of rotatable bonds is 11. The second-order valence-electron chi connectivity index (χ2n) is 6.22. The van der Waals surface area contributed by atoms with E-state index >= 15 is 0 Å². The first-order valence-corrected chi connectivity index (χ1v) is 8.18. The van der Waals surface area contributed by atoms with Gasteiger partial charge in [-0.15, -0.1) is 0 Å². The second-order valence-corrected chi connectivity index (χ2v) is 6.22. The molecule has 1 rings (SSSR count). The van der Waals surface area contributed by atoms with E-state index in [2.05, 4.69) is 26.1 Å². The minimum Gasteiger partial charge on any atom is -0.394 e. The van der Waals surface area contributed by atoms with E-state index in [0.717, 1.165) is 32.5 Å². The second kappa shape index (κ2) is 9.72. The maximum Gasteiger partial charge on any atom is 0.0700 e. The summed E-state index contributed by atoms with van der Waals surface area (Å²) in [6.45, 7) is 9.58. The van der Waals surface area contributed by atoms with Gasteiger partial charge in [-0.1, -0.05) is 27.2 Å². The molecule has 2 N–H and O–H groups in total. The molecule has 0 saturated heterocycles. The zero-order valence-corrected chi connectivity index (χ0v) is 13.5. The Morgan fingerprint density at radius 2 is 1.90 bits per heavy atom. The lowest BCUT2D eigenvalue weighted by molar-refractivity contribution is 0.0333. The normalized spacial score (nSPS) is 26.6. The lowest BCUT2D eigenvalue weighted by atomic mass is 9.85. The summed E-state index contributed by atoms with van der Waals surface area (Å²) in [4.78, 5) is 0. The van der Waals surface area contributed by atoms with Gasteiger partial charge in [-0.2, -0.15) is 0 Å². The third kappa shape index (κ3) is 5.68. The summed E-state index contributed by atoms with van der Waals surface area (Å²) in [5.41, 5.74) is -0.0871. The van der Waals surface area contributed by atoms with Crippen molar-refractivity contribution in [1.82, 2.24) is 5.32 Å². The molecule has 120 valence electrons. The third-order valence-electron chi connectivity index (χ3n) is 4.15. The smallest absolute Gasteiger partial charge is 0.0700 e. The van der Waals surface area contributed by atoms with Gasteiger partial charge in [-0.25, -0.2) is 0 Å². The summed E-state index contributed by atoms with van der Waals surface area (Å²) in [5.74, 6) is 0.520. The molecule has 0 aromatic rings.